The van der Waals surface area contributed by atoms with Crippen molar-refractivity contribution in [1.82, 2.24) is 9.97 Å². The SMILES string of the molecule is COc1cc(OC)cc(-c2ccc(N3CCCN(c4ccc(-c5cc(OC)cc(OC)c5)cn4)C(OS(C)(=O)=O)(OS(C)(=O)=O)C3)nc2)c1. The number of aromatic nitrogens is 2. The van der Waals surface area contributed by atoms with E-state index in [1.807, 2.05) is 30.3 Å². The van der Waals surface area contributed by atoms with Crippen LogP contribution in [-0.4, -0.2) is 93.3 Å². The molecule has 1 fully saturated rings. The standard InChI is InChI=1S/C33H38N4O10S2/c1-42-27-14-25(15-28(18-27)43-2)23-8-10-31(34-20-23)36-12-7-13-37(33(22-36,46-48(5,38)39)47-49(6,40)41)32-11-9-24(21-35-32)26-16-29(44-3)19-30(17-26)45-4/h8-11,14-21H,7,12-13,22H2,1-6H3. The van der Waals surface area contributed by atoms with Crippen LogP contribution in [0.4, 0.5) is 11.6 Å². The van der Waals surface area contributed by atoms with E-state index >= 15 is 0 Å². The zero-order valence-corrected chi connectivity index (χ0v) is 29.6. The highest BCUT2D eigenvalue weighted by atomic mass is 32.2. The van der Waals surface area contributed by atoms with Crippen LogP contribution in [0.2, 0.25) is 0 Å². The summed E-state index contributed by atoms with van der Waals surface area (Å²) in [7, 11) is -2.37. The number of hydrogen-bond acceptors (Lipinski definition) is 14. The quantitative estimate of drug-likeness (QED) is 0.152. The Labute approximate surface area is 286 Å². The summed E-state index contributed by atoms with van der Waals surface area (Å²) in [6.07, 6.45) is 5.32. The van der Waals surface area contributed by atoms with Crippen molar-refractivity contribution in [1.29, 1.82) is 0 Å². The Morgan fingerprint density at radius 3 is 1.39 bits per heavy atom. The molecular weight excluding hydrogens is 677 g/mol. The highest BCUT2D eigenvalue weighted by Gasteiger charge is 2.49. The molecule has 262 valence electrons. The summed E-state index contributed by atoms with van der Waals surface area (Å²) in [5.41, 5.74) is 3.02. The molecule has 0 atom stereocenters. The molecule has 3 heterocycles. The lowest BCUT2D eigenvalue weighted by atomic mass is 10.1. The Balaban J connectivity index is 1.53. The van der Waals surface area contributed by atoms with E-state index in [0.29, 0.717) is 47.3 Å². The molecule has 5 rings (SSSR count). The van der Waals surface area contributed by atoms with Gasteiger partial charge in [0.2, 0.25) is 0 Å². The van der Waals surface area contributed by atoms with Crippen LogP contribution in [-0.2, 0) is 28.6 Å². The summed E-state index contributed by atoms with van der Waals surface area (Å²) in [4.78, 5) is 12.4. The van der Waals surface area contributed by atoms with Crippen LogP contribution in [0.25, 0.3) is 22.3 Å². The van der Waals surface area contributed by atoms with Crippen LogP contribution in [0.1, 0.15) is 6.42 Å². The summed E-state index contributed by atoms with van der Waals surface area (Å²) < 4.78 is 83.8. The molecule has 0 N–H and O–H groups in total. The van der Waals surface area contributed by atoms with Crippen molar-refractivity contribution in [2.45, 2.75) is 12.3 Å². The van der Waals surface area contributed by atoms with E-state index in [1.54, 1.807) is 76.1 Å². The smallest absolute Gasteiger partial charge is 0.301 e. The molecule has 14 nitrogen and oxygen atoms in total. The van der Waals surface area contributed by atoms with Crippen LogP contribution < -0.4 is 28.7 Å². The first-order chi connectivity index (χ1) is 23.2. The third-order valence-electron chi connectivity index (χ3n) is 7.64. The van der Waals surface area contributed by atoms with E-state index in [9.17, 15) is 16.8 Å². The summed E-state index contributed by atoms with van der Waals surface area (Å²) in [5, 5.41) is 0. The van der Waals surface area contributed by atoms with Gasteiger partial charge in [0.25, 0.3) is 20.2 Å². The first kappa shape index (κ1) is 35.7. The molecular formula is C33H38N4O10S2. The van der Waals surface area contributed by atoms with Crippen molar-refractivity contribution in [3.8, 4) is 45.3 Å². The van der Waals surface area contributed by atoms with Gasteiger partial charge in [-0.25, -0.2) is 18.3 Å². The Kier molecular flexibility index (Phi) is 10.5. The van der Waals surface area contributed by atoms with Crippen molar-refractivity contribution in [2.24, 2.45) is 0 Å². The van der Waals surface area contributed by atoms with Crippen molar-refractivity contribution in [2.75, 3.05) is 70.4 Å². The van der Waals surface area contributed by atoms with Crippen molar-refractivity contribution < 1.29 is 44.1 Å². The van der Waals surface area contributed by atoms with Gasteiger partial charge in [0.1, 0.15) is 34.6 Å². The number of ether oxygens (including phenoxy) is 4. The Bertz CT molecular complexity index is 1910. The predicted octanol–water partition coefficient (Wildman–Crippen LogP) is 4.17. The minimum atomic E-state index is -4.30. The largest absolute Gasteiger partial charge is 0.497 e. The molecule has 2 aromatic heterocycles. The number of benzene rings is 2. The molecule has 0 unspecified atom stereocenters. The second kappa shape index (κ2) is 14.5. The molecule has 0 spiro atoms. The number of nitrogens with zero attached hydrogens (tertiary/aromatic N) is 4. The zero-order valence-electron chi connectivity index (χ0n) is 27.9. The van der Waals surface area contributed by atoms with Crippen LogP contribution in [0.15, 0.2) is 73.1 Å². The monoisotopic (exact) mass is 714 g/mol. The Morgan fingerprint density at radius 2 is 1.02 bits per heavy atom. The molecule has 1 aliphatic heterocycles. The Morgan fingerprint density at radius 1 is 0.592 bits per heavy atom. The van der Waals surface area contributed by atoms with Crippen LogP contribution in [0.5, 0.6) is 23.0 Å². The minimum Gasteiger partial charge on any atom is -0.497 e. The zero-order chi connectivity index (χ0) is 35.4. The van der Waals surface area contributed by atoms with Crippen molar-refractivity contribution >= 4 is 31.9 Å². The molecule has 49 heavy (non-hydrogen) atoms. The van der Waals surface area contributed by atoms with E-state index in [-0.39, 0.29) is 18.9 Å². The number of rotatable bonds is 12. The fourth-order valence-corrected chi connectivity index (χ4v) is 6.86. The highest BCUT2D eigenvalue weighted by molar-refractivity contribution is 7.86. The third-order valence-corrected chi connectivity index (χ3v) is 8.77. The van der Waals surface area contributed by atoms with Gasteiger partial charge in [0.15, 0.2) is 0 Å². The lowest BCUT2D eigenvalue weighted by Crippen LogP contribution is -2.60. The molecule has 2 aromatic carbocycles. The van der Waals surface area contributed by atoms with Crippen LogP contribution in [0.3, 0.4) is 0 Å². The van der Waals surface area contributed by atoms with Gasteiger partial charge in [-0.1, -0.05) is 0 Å². The van der Waals surface area contributed by atoms with Gasteiger partial charge < -0.3 is 28.7 Å². The maximum Gasteiger partial charge on any atom is 0.301 e. The highest BCUT2D eigenvalue weighted by Crippen LogP contribution is 2.36. The van der Waals surface area contributed by atoms with Crippen LogP contribution in [0, 0.1) is 0 Å². The first-order valence-electron chi connectivity index (χ1n) is 15.0. The fraction of sp³-hybridized carbons (Fsp3) is 0.333. The maximum absolute atomic E-state index is 12.8. The number of anilines is 2. The van der Waals surface area contributed by atoms with Gasteiger partial charge in [0.05, 0.1) is 47.5 Å². The molecule has 0 saturated carbocycles. The topological polar surface area (TPSA) is 156 Å². The number of pyridine rings is 2. The second-order valence-electron chi connectivity index (χ2n) is 11.2. The van der Waals surface area contributed by atoms with Gasteiger partial charge >= 0.3 is 5.91 Å². The summed E-state index contributed by atoms with van der Waals surface area (Å²) in [6, 6.07) is 17.8. The first-order valence-corrected chi connectivity index (χ1v) is 18.6. The normalized spacial score (nSPS) is 15.0. The van der Waals surface area contributed by atoms with Gasteiger partial charge in [-0.2, -0.15) is 16.8 Å². The molecule has 1 saturated heterocycles. The van der Waals surface area contributed by atoms with Crippen molar-refractivity contribution in [3.05, 3.63) is 73.1 Å². The molecule has 0 bridgehead atoms. The second-order valence-corrected chi connectivity index (χ2v) is 14.4. The Hall–Kier alpha value is -4.64. The molecule has 0 aliphatic carbocycles. The van der Waals surface area contributed by atoms with Gasteiger partial charge in [0, 0.05) is 48.7 Å². The summed E-state index contributed by atoms with van der Waals surface area (Å²) in [6.45, 7) is 0.130. The van der Waals surface area contributed by atoms with E-state index in [4.69, 9.17) is 27.3 Å². The molecule has 4 aromatic rings. The number of hydrogen-bond donors (Lipinski definition) is 0. The molecule has 0 amide bonds. The van der Waals surface area contributed by atoms with Crippen molar-refractivity contribution in [3.63, 3.8) is 0 Å². The van der Waals surface area contributed by atoms with Gasteiger partial charge in [-0.05, 0) is 66.1 Å². The minimum absolute atomic E-state index is 0.128. The fourth-order valence-electron chi connectivity index (χ4n) is 5.52. The molecule has 1 aliphatic rings. The summed E-state index contributed by atoms with van der Waals surface area (Å²) in [5.74, 6) is 0.674. The van der Waals surface area contributed by atoms with Crippen LogP contribution >= 0.6 is 0 Å². The lowest BCUT2D eigenvalue weighted by Gasteiger charge is -2.41. The third kappa shape index (κ3) is 8.70. The van der Waals surface area contributed by atoms with Gasteiger partial charge in [-0.15, -0.1) is 0 Å². The van der Waals surface area contributed by atoms with E-state index < -0.39 is 26.1 Å². The summed E-state index contributed by atoms with van der Waals surface area (Å²) >= 11 is 0. The van der Waals surface area contributed by atoms with E-state index in [2.05, 4.69) is 9.97 Å². The maximum atomic E-state index is 12.8. The average Bonchev–Trinajstić information content (AvgIpc) is 3.25. The molecule has 16 heteroatoms. The molecule has 0 radical (unpaired) electrons. The number of methoxy groups -OCH3 is 4. The van der Waals surface area contributed by atoms with E-state index in [1.165, 1.54) is 4.90 Å². The van der Waals surface area contributed by atoms with Gasteiger partial charge in [-0.3, -0.25) is 0 Å². The lowest BCUT2D eigenvalue weighted by molar-refractivity contribution is -0.0948. The van der Waals surface area contributed by atoms with E-state index in [0.717, 1.165) is 29.2 Å². The average molecular weight is 715 g/mol. The predicted molar refractivity (Wildman–Crippen MR) is 184 cm³/mol.